The minimum atomic E-state index is -0.184. The Balaban J connectivity index is 2.13. The number of carbonyl (C=O) groups is 1. The molecule has 0 spiro atoms. The second-order valence-corrected chi connectivity index (χ2v) is 7.12. The van der Waals surface area contributed by atoms with Gasteiger partial charge in [-0.05, 0) is 58.5 Å². The van der Waals surface area contributed by atoms with E-state index in [-0.39, 0.29) is 11.9 Å². The topological polar surface area (TPSA) is 76.8 Å². The van der Waals surface area contributed by atoms with Gasteiger partial charge in [0.05, 0.1) is 19.9 Å². The Hall–Kier alpha value is -2.54. The maximum Gasteiger partial charge on any atom is 0.257 e. The number of nitrogens with one attached hydrogen (secondary N) is 1. The van der Waals surface area contributed by atoms with E-state index in [1.165, 1.54) is 0 Å². The summed E-state index contributed by atoms with van der Waals surface area (Å²) in [5.41, 5.74) is 1.67. The Morgan fingerprint density at radius 1 is 1.17 bits per heavy atom. The van der Waals surface area contributed by atoms with E-state index in [1.54, 1.807) is 39.3 Å². The van der Waals surface area contributed by atoms with Crippen LogP contribution in [0.1, 0.15) is 49.7 Å². The molecule has 29 heavy (non-hydrogen) atoms. The molecule has 0 aliphatic heterocycles. The van der Waals surface area contributed by atoms with Crippen LogP contribution in [0.4, 0.5) is 0 Å². The van der Waals surface area contributed by atoms with Gasteiger partial charge in [0.15, 0.2) is 5.76 Å². The predicted octanol–water partition coefficient (Wildman–Crippen LogP) is 3.91. The summed E-state index contributed by atoms with van der Waals surface area (Å²) in [6.07, 6.45) is 1.95. The quantitative estimate of drug-likeness (QED) is 0.613. The summed E-state index contributed by atoms with van der Waals surface area (Å²) in [7, 11) is 3.16. The van der Waals surface area contributed by atoms with Crippen molar-refractivity contribution < 1.29 is 18.8 Å². The molecule has 1 aromatic carbocycles. The molecule has 7 nitrogen and oxygen atoms in total. The monoisotopic (exact) mass is 403 g/mol. The summed E-state index contributed by atoms with van der Waals surface area (Å²) in [6, 6.07) is 5.42. The minimum Gasteiger partial charge on any atom is -0.497 e. The van der Waals surface area contributed by atoms with E-state index >= 15 is 0 Å². The number of nitrogens with zero attached hydrogens (tertiary/aromatic N) is 2. The van der Waals surface area contributed by atoms with Gasteiger partial charge in [-0.1, -0.05) is 19.0 Å². The zero-order valence-electron chi connectivity index (χ0n) is 18.4. The molecule has 0 fully saturated rings. The van der Waals surface area contributed by atoms with Crippen molar-refractivity contribution in [2.45, 2.75) is 46.6 Å². The van der Waals surface area contributed by atoms with E-state index in [0.717, 1.165) is 32.5 Å². The maximum atomic E-state index is 13.0. The molecule has 1 heterocycles. The molecule has 0 radical (unpaired) electrons. The van der Waals surface area contributed by atoms with Crippen LogP contribution >= 0.6 is 0 Å². The van der Waals surface area contributed by atoms with Gasteiger partial charge in [0.1, 0.15) is 17.1 Å². The lowest BCUT2D eigenvalue weighted by Gasteiger charge is -2.19. The van der Waals surface area contributed by atoms with Crippen LogP contribution in [0.2, 0.25) is 0 Å². The molecule has 160 valence electrons. The van der Waals surface area contributed by atoms with Gasteiger partial charge in [0.2, 0.25) is 0 Å². The average Bonchev–Trinajstić information content (AvgIpc) is 3.12. The molecule has 0 bridgehead atoms. The molecular weight excluding hydrogens is 370 g/mol. The SMILES string of the molecule is CCN(CC)CCCC(C)NC(=O)c1c(C)noc1-c1cc(OC)cc(OC)c1. The number of hydrogen-bond acceptors (Lipinski definition) is 6. The van der Waals surface area contributed by atoms with E-state index in [2.05, 4.69) is 29.2 Å². The number of aromatic nitrogens is 1. The number of amides is 1. The van der Waals surface area contributed by atoms with Crippen molar-refractivity contribution in [1.82, 2.24) is 15.4 Å². The van der Waals surface area contributed by atoms with Crippen molar-refractivity contribution in [1.29, 1.82) is 0 Å². The second kappa shape index (κ2) is 10.9. The largest absolute Gasteiger partial charge is 0.497 e. The van der Waals surface area contributed by atoms with Crippen LogP contribution in [0.5, 0.6) is 11.5 Å². The molecule has 1 amide bonds. The third-order valence-electron chi connectivity index (χ3n) is 5.09. The first-order chi connectivity index (χ1) is 13.9. The van der Waals surface area contributed by atoms with Gasteiger partial charge in [-0.2, -0.15) is 0 Å². The molecule has 1 atom stereocenters. The van der Waals surface area contributed by atoms with Gasteiger partial charge in [-0.15, -0.1) is 0 Å². The number of rotatable bonds is 11. The molecule has 0 saturated carbocycles. The zero-order valence-corrected chi connectivity index (χ0v) is 18.4. The highest BCUT2D eigenvalue weighted by molar-refractivity contribution is 6.00. The van der Waals surface area contributed by atoms with Crippen LogP contribution in [0.15, 0.2) is 22.7 Å². The highest BCUT2D eigenvalue weighted by Crippen LogP contribution is 2.33. The number of carbonyl (C=O) groups excluding carboxylic acids is 1. The van der Waals surface area contributed by atoms with E-state index in [9.17, 15) is 4.79 Å². The van der Waals surface area contributed by atoms with Gasteiger partial charge in [-0.25, -0.2) is 0 Å². The minimum absolute atomic E-state index is 0.0556. The standard InChI is InChI=1S/C22H33N3O4/c1-7-25(8-2)11-9-10-15(3)23-22(26)20-16(4)24-29-21(20)17-12-18(27-5)14-19(13-17)28-6/h12-15H,7-11H2,1-6H3,(H,23,26). The zero-order chi connectivity index (χ0) is 21.4. The lowest BCUT2D eigenvalue weighted by atomic mass is 10.0. The van der Waals surface area contributed by atoms with Crippen molar-refractivity contribution in [2.75, 3.05) is 33.9 Å². The second-order valence-electron chi connectivity index (χ2n) is 7.12. The number of methoxy groups -OCH3 is 2. The lowest BCUT2D eigenvalue weighted by Crippen LogP contribution is -2.34. The fourth-order valence-corrected chi connectivity index (χ4v) is 3.30. The van der Waals surface area contributed by atoms with Crippen molar-refractivity contribution in [3.63, 3.8) is 0 Å². The van der Waals surface area contributed by atoms with Crippen LogP contribution in [0.3, 0.4) is 0 Å². The number of hydrogen-bond donors (Lipinski definition) is 1. The highest BCUT2D eigenvalue weighted by Gasteiger charge is 2.24. The highest BCUT2D eigenvalue weighted by atomic mass is 16.5. The van der Waals surface area contributed by atoms with Gasteiger partial charge < -0.3 is 24.2 Å². The van der Waals surface area contributed by atoms with Gasteiger partial charge >= 0.3 is 0 Å². The van der Waals surface area contributed by atoms with Crippen LogP contribution in [-0.4, -0.2) is 55.9 Å². The predicted molar refractivity (Wildman–Crippen MR) is 114 cm³/mol. The summed E-state index contributed by atoms with van der Waals surface area (Å²) < 4.78 is 16.1. The smallest absolute Gasteiger partial charge is 0.257 e. The van der Waals surface area contributed by atoms with Gasteiger partial charge in [-0.3, -0.25) is 4.79 Å². The molecule has 0 saturated heterocycles. The molecular formula is C22H33N3O4. The Kier molecular flexibility index (Phi) is 8.51. The van der Waals surface area contributed by atoms with Gasteiger partial charge in [0.25, 0.3) is 5.91 Å². The fourth-order valence-electron chi connectivity index (χ4n) is 3.30. The Morgan fingerprint density at radius 2 is 1.79 bits per heavy atom. The van der Waals surface area contributed by atoms with Crippen molar-refractivity contribution in [3.05, 3.63) is 29.5 Å². The summed E-state index contributed by atoms with van der Waals surface area (Å²) in [5, 5.41) is 7.10. The third-order valence-corrected chi connectivity index (χ3v) is 5.09. The third kappa shape index (κ3) is 5.97. The van der Waals surface area contributed by atoms with Crippen molar-refractivity contribution >= 4 is 5.91 Å². The number of benzene rings is 1. The number of ether oxygens (including phenoxy) is 2. The normalized spacial score (nSPS) is 12.1. The molecule has 2 aromatic rings. The van der Waals surface area contributed by atoms with Crippen LogP contribution < -0.4 is 14.8 Å². The molecule has 1 aromatic heterocycles. The maximum absolute atomic E-state index is 13.0. The van der Waals surface area contributed by atoms with E-state index in [4.69, 9.17) is 14.0 Å². The summed E-state index contributed by atoms with van der Waals surface area (Å²) >= 11 is 0. The van der Waals surface area contributed by atoms with Crippen LogP contribution in [0, 0.1) is 6.92 Å². The van der Waals surface area contributed by atoms with Crippen LogP contribution in [0.25, 0.3) is 11.3 Å². The molecule has 7 heteroatoms. The molecule has 1 unspecified atom stereocenters. The first-order valence-electron chi connectivity index (χ1n) is 10.2. The molecule has 0 aliphatic rings. The van der Waals surface area contributed by atoms with Gasteiger partial charge in [0, 0.05) is 17.7 Å². The lowest BCUT2D eigenvalue weighted by molar-refractivity contribution is 0.0937. The summed E-state index contributed by atoms with van der Waals surface area (Å²) in [4.78, 5) is 15.3. The van der Waals surface area contributed by atoms with Crippen LogP contribution in [-0.2, 0) is 0 Å². The van der Waals surface area contributed by atoms with E-state index < -0.39 is 0 Å². The molecule has 0 aliphatic carbocycles. The van der Waals surface area contributed by atoms with E-state index in [0.29, 0.717) is 34.1 Å². The summed E-state index contributed by atoms with van der Waals surface area (Å²) in [6.45, 7) is 11.3. The Bertz CT molecular complexity index is 777. The Morgan fingerprint density at radius 3 is 2.34 bits per heavy atom. The molecule has 2 rings (SSSR count). The number of aryl methyl sites for hydroxylation is 1. The first kappa shape index (κ1) is 22.7. The van der Waals surface area contributed by atoms with E-state index in [1.807, 2.05) is 6.92 Å². The summed E-state index contributed by atoms with van der Waals surface area (Å²) in [5.74, 6) is 1.46. The molecule has 1 N–H and O–H groups in total. The van der Waals surface area contributed by atoms with Crippen molar-refractivity contribution in [3.8, 4) is 22.8 Å². The Labute approximate surface area is 173 Å². The first-order valence-corrected chi connectivity index (χ1v) is 10.2. The van der Waals surface area contributed by atoms with Crippen molar-refractivity contribution in [2.24, 2.45) is 0 Å². The fraction of sp³-hybridized carbons (Fsp3) is 0.545. The average molecular weight is 404 g/mol.